The van der Waals surface area contributed by atoms with Crippen LogP contribution >= 0.6 is 0 Å². The number of morpholine rings is 1. The minimum atomic E-state index is -5.01. The van der Waals surface area contributed by atoms with Gasteiger partial charge in [-0.15, -0.1) is 13.2 Å². The van der Waals surface area contributed by atoms with Crippen LogP contribution in [0.25, 0.3) is 0 Å². The number of anilines is 2. The number of carbonyl (C=O) groups is 1. The molecule has 0 spiro atoms. The number of nitrogens with zero attached hydrogens (tertiary/aromatic N) is 3. The van der Waals surface area contributed by atoms with Crippen molar-refractivity contribution in [2.75, 3.05) is 42.5 Å². The maximum atomic E-state index is 13.9. The lowest BCUT2D eigenvalue weighted by atomic mass is 10.1. The molecule has 2 aromatic carbocycles. The molecule has 10 nitrogen and oxygen atoms in total. The van der Waals surface area contributed by atoms with Crippen molar-refractivity contribution in [1.29, 1.82) is 0 Å². The van der Waals surface area contributed by atoms with Crippen molar-refractivity contribution >= 4 is 33.0 Å². The molecule has 0 radical (unpaired) electrons. The number of fused-ring (bicyclic) bond motifs is 1. The van der Waals surface area contributed by atoms with E-state index in [1.807, 2.05) is 0 Å². The number of amides is 1. The first-order chi connectivity index (χ1) is 20.2. The van der Waals surface area contributed by atoms with Gasteiger partial charge in [-0.05, 0) is 55.5 Å². The van der Waals surface area contributed by atoms with Gasteiger partial charge in [-0.3, -0.25) is 14.5 Å². The van der Waals surface area contributed by atoms with Crippen molar-refractivity contribution in [2.45, 2.75) is 24.4 Å². The fourth-order valence-electron chi connectivity index (χ4n) is 4.14. The third-order valence-corrected chi connectivity index (χ3v) is 7.79. The molecule has 17 heteroatoms. The number of hydrogen-bond donors (Lipinski definition) is 2. The number of alkyl halides is 6. The molecule has 2 aliphatic heterocycles. The largest absolute Gasteiger partial charge is 0.573 e. The summed E-state index contributed by atoms with van der Waals surface area (Å²) in [7, 11) is -4.63. The highest BCUT2D eigenvalue weighted by atomic mass is 32.2. The van der Waals surface area contributed by atoms with Crippen LogP contribution in [0.3, 0.4) is 0 Å². The first-order valence-corrected chi connectivity index (χ1v) is 14.0. The normalized spacial score (nSPS) is 17.1. The van der Waals surface area contributed by atoms with Gasteiger partial charge in [0.25, 0.3) is 15.9 Å². The van der Waals surface area contributed by atoms with Crippen molar-refractivity contribution < 1.29 is 49.0 Å². The number of hydrogen-bond acceptors (Lipinski definition) is 8. The van der Waals surface area contributed by atoms with Gasteiger partial charge in [0.05, 0.1) is 41.6 Å². The van der Waals surface area contributed by atoms with Crippen molar-refractivity contribution in [1.82, 2.24) is 10.4 Å². The highest BCUT2D eigenvalue weighted by Gasteiger charge is 2.36. The van der Waals surface area contributed by atoms with Gasteiger partial charge >= 0.3 is 12.5 Å². The molecule has 1 fully saturated rings. The Morgan fingerprint density at radius 3 is 2.35 bits per heavy atom. The molecular formula is C26H25F6N5O5S. The first-order valence-electron chi connectivity index (χ1n) is 12.6. The van der Waals surface area contributed by atoms with Gasteiger partial charge in [-0.1, -0.05) is 12.1 Å². The smallest absolute Gasteiger partial charge is 0.406 e. The van der Waals surface area contributed by atoms with Crippen LogP contribution < -0.4 is 19.8 Å². The number of hydrazine groups is 1. The fraction of sp³-hybridized carbons (Fsp3) is 0.308. The number of sulfonamides is 1. The fourth-order valence-corrected chi connectivity index (χ4v) is 5.58. The standard InChI is InChI=1S/C26H25F6N5O5S/c1-2-4-21(25(27,28)29)34-22-11-12-37(43(39,40)18-9-7-17(8-10-18)42-26(30,31)32)23-19(5-3-6-20(23)33-22)24(38)35-36-13-15-41-16-14-36/h2-11,33H,12-16H2,1H3,(H,35,38)/b4-2-,34-21?. The molecule has 2 N–H and O–H groups in total. The zero-order valence-electron chi connectivity index (χ0n) is 22.4. The second kappa shape index (κ2) is 12.6. The first kappa shape index (κ1) is 31.8. The number of carbonyl (C=O) groups excluding carboxylic acids is 1. The summed E-state index contributed by atoms with van der Waals surface area (Å²) >= 11 is 0. The molecule has 1 amide bonds. The Bertz CT molecular complexity index is 1530. The van der Waals surface area contributed by atoms with E-state index in [2.05, 4.69) is 20.5 Å². The van der Waals surface area contributed by atoms with E-state index in [0.29, 0.717) is 26.3 Å². The molecule has 2 aliphatic rings. The van der Waals surface area contributed by atoms with Crippen LogP contribution in [0.1, 0.15) is 17.3 Å². The topological polar surface area (TPSA) is 113 Å². The van der Waals surface area contributed by atoms with E-state index in [9.17, 15) is 39.6 Å². The Hall–Kier alpha value is -4.09. The van der Waals surface area contributed by atoms with Gasteiger partial charge in [0, 0.05) is 13.1 Å². The number of benzene rings is 2. The predicted octanol–water partition coefficient (Wildman–Crippen LogP) is 4.60. The van der Waals surface area contributed by atoms with Crippen LogP contribution in [0.2, 0.25) is 0 Å². The minimum absolute atomic E-state index is 0.0651. The zero-order chi connectivity index (χ0) is 31.4. The van der Waals surface area contributed by atoms with Crippen molar-refractivity contribution in [3.8, 4) is 5.75 Å². The van der Waals surface area contributed by atoms with Crippen LogP contribution in [-0.4, -0.2) is 70.4 Å². The average molecular weight is 634 g/mol. The van der Waals surface area contributed by atoms with Crippen LogP contribution in [-0.2, 0) is 14.8 Å². The maximum Gasteiger partial charge on any atom is 0.573 e. The number of halogens is 6. The molecule has 2 aromatic rings. The van der Waals surface area contributed by atoms with Gasteiger partial charge in [-0.25, -0.2) is 18.4 Å². The molecule has 0 unspecified atom stereocenters. The maximum absolute atomic E-state index is 13.9. The van der Waals surface area contributed by atoms with E-state index in [-0.39, 0.29) is 22.8 Å². The summed E-state index contributed by atoms with van der Waals surface area (Å²) in [4.78, 5) is 16.6. The highest BCUT2D eigenvalue weighted by molar-refractivity contribution is 7.92. The second-order valence-electron chi connectivity index (χ2n) is 9.01. The quantitative estimate of drug-likeness (QED) is 0.339. The van der Waals surface area contributed by atoms with E-state index in [4.69, 9.17) is 4.74 Å². The van der Waals surface area contributed by atoms with Crippen LogP contribution in [0.15, 0.2) is 76.4 Å². The molecule has 1 saturated heterocycles. The van der Waals surface area contributed by atoms with Gasteiger partial charge < -0.3 is 14.8 Å². The van der Waals surface area contributed by atoms with E-state index in [1.165, 1.54) is 25.1 Å². The Morgan fingerprint density at radius 1 is 1.07 bits per heavy atom. The van der Waals surface area contributed by atoms with Gasteiger partial charge in [0.2, 0.25) is 0 Å². The summed E-state index contributed by atoms with van der Waals surface area (Å²) in [6.45, 7) is 2.14. The summed E-state index contributed by atoms with van der Waals surface area (Å²) in [6, 6.07) is 7.43. The second-order valence-corrected chi connectivity index (χ2v) is 10.9. The summed E-state index contributed by atoms with van der Waals surface area (Å²) < 4.78 is 116. The lowest BCUT2D eigenvalue weighted by Crippen LogP contribution is -2.48. The van der Waals surface area contributed by atoms with E-state index < -0.39 is 51.4 Å². The molecule has 232 valence electrons. The number of ether oxygens (including phenoxy) is 2. The molecule has 0 atom stereocenters. The SMILES string of the molecule is C/C=C\C(=NC1=CCN(S(=O)(=O)c2ccc(OC(F)(F)F)cc2)c2c(cccc2C(=O)NN2CCOCC2)N1)C(F)(F)F. The Kier molecular flexibility index (Phi) is 9.36. The number of rotatable bonds is 7. The molecule has 43 heavy (non-hydrogen) atoms. The van der Waals surface area contributed by atoms with E-state index in [0.717, 1.165) is 46.8 Å². The summed E-state index contributed by atoms with van der Waals surface area (Å²) in [5.41, 5.74) is 0.961. The summed E-state index contributed by atoms with van der Waals surface area (Å²) in [5, 5.41) is 4.25. The van der Waals surface area contributed by atoms with Crippen LogP contribution in [0, 0.1) is 0 Å². The molecular weight excluding hydrogens is 608 g/mol. The lowest BCUT2D eigenvalue weighted by molar-refractivity contribution is -0.274. The summed E-state index contributed by atoms with van der Waals surface area (Å²) in [5.74, 6) is -1.74. The molecule has 4 rings (SSSR count). The third-order valence-electron chi connectivity index (χ3n) is 6.02. The molecule has 0 saturated carbocycles. The highest BCUT2D eigenvalue weighted by Crippen LogP contribution is 2.38. The van der Waals surface area contributed by atoms with E-state index in [1.54, 1.807) is 5.01 Å². The predicted molar refractivity (Wildman–Crippen MR) is 144 cm³/mol. The van der Waals surface area contributed by atoms with Gasteiger partial charge in [0.15, 0.2) is 0 Å². The Morgan fingerprint density at radius 2 is 1.74 bits per heavy atom. The molecule has 2 heterocycles. The van der Waals surface area contributed by atoms with Crippen molar-refractivity contribution in [2.24, 2.45) is 4.99 Å². The monoisotopic (exact) mass is 633 g/mol. The number of aliphatic imine (C=N–C) groups is 1. The Balaban J connectivity index is 1.81. The van der Waals surface area contributed by atoms with Crippen LogP contribution in [0.5, 0.6) is 5.75 Å². The summed E-state index contributed by atoms with van der Waals surface area (Å²) in [6.07, 6.45) is -6.90. The number of para-hydroxylation sites is 1. The van der Waals surface area contributed by atoms with Crippen LogP contribution in [0.4, 0.5) is 37.7 Å². The number of nitrogens with one attached hydrogen (secondary N) is 2. The minimum Gasteiger partial charge on any atom is -0.406 e. The van der Waals surface area contributed by atoms with E-state index >= 15 is 0 Å². The number of allylic oxidation sites excluding steroid dienone is 2. The van der Waals surface area contributed by atoms with Gasteiger partial charge in [-0.2, -0.15) is 13.2 Å². The molecule has 0 aliphatic carbocycles. The molecule has 0 bridgehead atoms. The Labute approximate surface area is 242 Å². The average Bonchev–Trinajstić information content (AvgIpc) is 3.12. The van der Waals surface area contributed by atoms with Gasteiger partial charge in [0.1, 0.15) is 17.3 Å². The molecule has 0 aromatic heterocycles. The zero-order valence-corrected chi connectivity index (χ0v) is 23.2. The third kappa shape index (κ3) is 7.85. The van der Waals surface area contributed by atoms with Crippen molar-refractivity contribution in [3.05, 3.63) is 72.1 Å². The van der Waals surface area contributed by atoms with Crippen molar-refractivity contribution in [3.63, 3.8) is 0 Å². The lowest BCUT2D eigenvalue weighted by Gasteiger charge is -2.29.